The molecule has 21 heavy (non-hydrogen) atoms. The van der Waals surface area contributed by atoms with Crippen molar-refractivity contribution in [3.8, 4) is 0 Å². The van der Waals surface area contributed by atoms with Crippen LogP contribution in [0.2, 0.25) is 0 Å². The summed E-state index contributed by atoms with van der Waals surface area (Å²) in [7, 11) is 0. The van der Waals surface area contributed by atoms with E-state index < -0.39 is 0 Å². The quantitative estimate of drug-likeness (QED) is 0.930. The van der Waals surface area contributed by atoms with Gasteiger partial charge in [-0.15, -0.1) is 0 Å². The van der Waals surface area contributed by atoms with Gasteiger partial charge in [0.15, 0.2) is 0 Å². The van der Waals surface area contributed by atoms with E-state index in [-0.39, 0.29) is 0 Å². The van der Waals surface area contributed by atoms with E-state index in [1.807, 2.05) is 24.4 Å². The maximum absolute atomic E-state index is 4.64. The lowest BCUT2D eigenvalue weighted by Crippen LogP contribution is -2.33. The van der Waals surface area contributed by atoms with Gasteiger partial charge in [0, 0.05) is 25.0 Å². The Morgan fingerprint density at radius 2 is 1.81 bits per heavy atom. The number of nitrogens with one attached hydrogen (secondary N) is 1. The Kier molecular flexibility index (Phi) is 4.04. The second-order valence-electron chi connectivity index (χ2n) is 5.90. The number of anilines is 3. The van der Waals surface area contributed by atoms with E-state index in [1.54, 1.807) is 0 Å². The van der Waals surface area contributed by atoms with Gasteiger partial charge in [-0.05, 0) is 43.9 Å². The predicted molar refractivity (Wildman–Crippen MR) is 87.1 cm³/mol. The van der Waals surface area contributed by atoms with E-state index in [9.17, 15) is 0 Å². The Morgan fingerprint density at radius 3 is 2.52 bits per heavy atom. The van der Waals surface area contributed by atoms with Crippen LogP contribution in [0.15, 0.2) is 36.5 Å². The van der Waals surface area contributed by atoms with Crippen LogP contribution in [-0.4, -0.2) is 23.1 Å². The van der Waals surface area contributed by atoms with Crippen LogP contribution in [-0.2, 0) is 0 Å². The summed E-state index contributed by atoms with van der Waals surface area (Å²) in [5.74, 6) is 2.51. The van der Waals surface area contributed by atoms with E-state index in [0.29, 0.717) is 5.95 Å². The van der Waals surface area contributed by atoms with Crippen LogP contribution in [0.5, 0.6) is 0 Å². The number of aryl methyl sites for hydroxylation is 1. The van der Waals surface area contributed by atoms with Gasteiger partial charge >= 0.3 is 0 Å². The van der Waals surface area contributed by atoms with E-state index in [1.165, 1.54) is 18.4 Å². The zero-order valence-corrected chi connectivity index (χ0v) is 12.7. The highest BCUT2D eigenvalue weighted by Gasteiger charge is 2.17. The van der Waals surface area contributed by atoms with E-state index >= 15 is 0 Å². The number of aromatic nitrogens is 2. The largest absolute Gasteiger partial charge is 0.356 e. The summed E-state index contributed by atoms with van der Waals surface area (Å²) in [6.45, 7) is 6.57. The van der Waals surface area contributed by atoms with Gasteiger partial charge in [0.1, 0.15) is 5.82 Å². The minimum atomic E-state index is 0.662. The van der Waals surface area contributed by atoms with Crippen LogP contribution in [0.4, 0.5) is 17.5 Å². The first kappa shape index (κ1) is 13.9. The predicted octanol–water partition coefficient (Wildman–Crippen LogP) is 3.76. The van der Waals surface area contributed by atoms with Gasteiger partial charge < -0.3 is 10.2 Å². The van der Waals surface area contributed by atoms with Crippen molar-refractivity contribution >= 4 is 17.5 Å². The molecule has 4 heteroatoms. The van der Waals surface area contributed by atoms with Gasteiger partial charge in [0.25, 0.3) is 0 Å². The molecular weight excluding hydrogens is 260 g/mol. The van der Waals surface area contributed by atoms with Gasteiger partial charge in [-0.3, -0.25) is 0 Å². The Balaban J connectivity index is 1.72. The summed E-state index contributed by atoms with van der Waals surface area (Å²) in [6.07, 6.45) is 4.31. The second-order valence-corrected chi connectivity index (χ2v) is 5.90. The van der Waals surface area contributed by atoms with Crippen molar-refractivity contribution in [1.82, 2.24) is 9.97 Å². The Labute approximate surface area is 126 Å². The minimum Gasteiger partial charge on any atom is -0.356 e. The molecule has 2 aromatic rings. The van der Waals surface area contributed by atoms with Gasteiger partial charge in [-0.1, -0.05) is 24.6 Å². The average molecular weight is 282 g/mol. The van der Waals surface area contributed by atoms with Crippen LogP contribution < -0.4 is 10.2 Å². The first-order chi connectivity index (χ1) is 10.2. The number of hydrogen-bond donors (Lipinski definition) is 1. The molecular formula is C17H22N4. The Hall–Kier alpha value is -2.10. The van der Waals surface area contributed by atoms with Crippen molar-refractivity contribution < 1.29 is 0 Å². The molecule has 3 rings (SSSR count). The summed E-state index contributed by atoms with van der Waals surface area (Å²) in [4.78, 5) is 11.3. The molecule has 0 radical (unpaired) electrons. The summed E-state index contributed by atoms with van der Waals surface area (Å²) in [5, 5.41) is 3.27. The molecule has 0 spiro atoms. The van der Waals surface area contributed by atoms with E-state index in [2.05, 4.69) is 46.2 Å². The number of rotatable bonds is 3. The third-order valence-corrected chi connectivity index (χ3v) is 4.06. The Bertz CT molecular complexity index is 586. The molecule has 1 aromatic heterocycles. The molecule has 0 saturated carbocycles. The maximum atomic E-state index is 4.64. The lowest BCUT2D eigenvalue weighted by molar-refractivity contribution is 0.436. The molecule has 0 amide bonds. The van der Waals surface area contributed by atoms with E-state index in [4.69, 9.17) is 0 Å². The SMILES string of the molecule is Cc1ccc(Nc2nccc(N3CCC(C)CC3)n2)cc1. The first-order valence-corrected chi connectivity index (χ1v) is 7.62. The molecule has 4 nitrogen and oxygen atoms in total. The standard InChI is InChI=1S/C17H22N4/c1-13-3-5-15(6-4-13)19-17-18-10-7-16(20-17)21-11-8-14(2)9-12-21/h3-7,10,14H,8-9,11-12H2,1-2H3,(H,18,19,20). The average Bonchev–Trinajstić information content (AvgIpc) is 2.51. The van der Waals surface area contributed by atoms with Crippen molar-refractivity contribution in [2.75, 3.05) is 23.3 Å². The highest BCUT2D eigenvalue weighted by atomic mass is 15.2. The number of benzene rings is 1. The minimum absolute atomic E-state index is 0.662. The van der Waals surface area contributed by atoms with Gasteiger partial charge in [-0.25, -0.2) is 4.98 Å². The lowest BCUT2D eigenvalue weighted by Gasteiger charge is -2.31. The fourth-order valence-electron chi connectivity index (χ4n) is 2.59. The maximum Gasteiger partial charge on any atom is 0.229 e. The molecule has 0 unspecified atom stereocenters. The number of nitrogens with zero attached hydrogens (tertiary/aromatic N) is 3. The van der Waals surface area contributed by atoms with Crippen molar-refractivity contribution in [3.63, 3.8) is 0 Å². The number of piperidine rings is 1. The molecule has 1 N–H and O–H groups in total. The third-order valence-electron chi connectivity index (χ3n) is 4.06. The molecule has 1 aromatic carbocycles. The smallest absolute Gasteiger partial charge is 0.229 e. The van der Waals surface area contributed by atoms with Crippen LogP contribution >= 0.6 is 0 Å². The summed E-state index contributed by atoms with van der Waals surface area (Å²) >= 11 is 0. The molecule has 0 atom stereocenters. The summed E-state index contributed by atoms with van der Waals surface area (Å²) in [6, 6.07) is 10.3. The topological polar surface area (TPSA) is 41.1 Å². The normalized spacial score (nSPS) is 16.0. The highest BCUT2D eigenvalue weighted by Crippen LogP contribution is 2.22. The molecule has 0 bridgehead atoms. The molecule has 0 aliphatic carbocycles. The van der Waals surface area contributed by atoms with Crippen molar-refractivity contribution in [3.05, 3.63) is 42.1 Å². The first-order valence-electron chi connectivity index (χ1n) is 7.62. The summed E-state index contributed by atoms with van der Waals surface area (Å²) in [5.41, 5.74) is 2.27. The van der Waals surface area contributed by atoms with Crippen molar-refractivity contribution in [2.24, 2.45) is 5.92 Å². The van der Waals surface area contributed by atoms with Crippen LogP contribution in [0.3, 0.4) is 0 Å². The summed E-state index contributed by atoms with van der Waals surface area (Å²) < 4.78 is 0. The zero-order valence-electron chi connectivity index (χ0n) is 12.7. The fourth-order valence-corrected chi connectivity index (χ4v) is 2.59. The molecule has 110 valence electrons. The van der Waals surface area contributed by atoms with Gasteiger partial charge in [-0.2, -0.15) is 4.98 Å². The highest BCUT2D eigenvalue weighted by molar-refractivity contribution is 5.55. The molecule has 1 aliphatic heterocycles. The monoisotopic (exact) mass is 282 g/mol. The van der Waals surface area contributed by atoms with Gasteiger partial charge in [0.2, 0.25) is 5.95 Å². The molecule has 1 aliphatic rings. The molecule has 1 fully saturated rings. The number of hydrogen-bond acceptors (Lipinski definition) is 4. The fraction of sp³-hybridized carbons (Fsp3) is 0.412. The lowest BCUT2D eigenvalue weighted by atomic mass is 9.99. The van der Waals surface area contributed by atoms with Crippen LogP contribution in [0.1, 0.15) is 25.3 Å². The van der Waals surface area contributed by atoms with Crippen LogP contribution in [0, 0.1) is 12.8 Å². The Morgan fingerprint density at radius 1 is 1.10 bits per heavy atom. The van der Waals surface area contributed by atoms with Crippen LogP contribution in [0.25, 0.3) is 0 Å². The van der Waals surface area contributed by atoms with Crippen molar-refractivity contribution in [2.45, 2.75) is 26.7 Å². The van der Waals surface area contributed by atoms with E-state index in [0.717, 1.165) is 30.5 Å². The zero-order chi connectivity index (χ0) is 14.7. The van der Waals surface area contributed by atoms with Crippen molar-refractivity contribution in [1.29, 1.82) is 0 Å². The molecule has 2 heterocycles. The molecule has 1 saturated heterocycles. The van der Waals surface area contributed by atoms with Gasteiger partial charge in [0.05, 0.1) is 0 Å². The second kappa shape index (κ2) is 6.12. The third kappa shape index (κ3) is 3.51.